The predicted molar refractivity (Wildman–Crippen MR) is 87.6 cm³/mol. The minimum absolute atomic E-state index is 0.515. The molecule has 0 saturated carbocycles. The maximum absolute atomic E-state index is 5.82. The summed E-state index contributed by atoms with van der Waals surface area (Å²) in [4.78, 5) is 7.92. The Morgan fingerprint density at radius 3 is 2.86 bits per heavy atom. The first-order chi connectivity index (χ1) is 10.2. The van der Waals surface area contributed by atoms with Crippen LogP contribution in [0.15, 0.2) is 29.8 Å². The van der Waals surface area contributed by atoms with Gasteiger partial charge in [-0.25, -0.2) is 4.98 Å². The van der Waals surface area contributed by atoms with E-state index in [4.69, 9.17) is 10.5 Å². The van der Waals surface area contributed by atoms with Crippen molar-refractivity contribution in [2.24, 2.45) is 5.73 Å². The summed E-state index contributed by atoms with van der Waals surface area (Å²) in [5, 5.41) is 0. The molecule has 0 aliphatic carbocycles. The maximum atomic E-state index is 5.82. The third kappa shape index (κ3) is 4.81. The minimum atomic E-state index is 0.515. The lowest BCUT2D eigenvalue weighted by Gasteiger charge is -2.16. The molecule has 0 atom stereocenters. The van der Waals surface area contributed by atoms with E-state index in [9.17, 15) is 0 Å². The zero-order chi connectivity index (χ0) is 15.1. The molecule has 0 radical (unpaired) electrons. The number of aromatic nitrogens is 1. The Labute approximate surface area is 130 Å². The number of ether oxygens (including phenoxy) is 1. The molecule has 5 heteroatoms. The van der Waals surface area contributed by atoms with Crippen molar-refractivity contribution in [3.63, 3.8) is 0 Å². The first kappa shape index (κ1) is 15.9. The number of nitrogens with zero attached hydrogens (tertiary/aromatic N) is 2. The van der Waals surface area contributed by atoms with Crippen LogP contribution in [0.2, 0.25) is 0 Å². The summed E-state index contributed by atoms with van der Waals surface area (Å²) in [5.74, 6) is 0.904. The molecule has 0 aliphatic heterocycles. The van der Waals surface area contributed by atoms with Gasteiger partial charge in [-0.1, -0.05) is 18.2 Å². The average Bonchev–Trinajstić information content (AvgIpc) is 2.89. The van der Waals surface area contributed by atoms with Crippen molar-refractivity contribution in [1.29, 1.82) is 0 Å². The summed E-state index contributed by atoms with van der Waals surface area (Å²) in [6, 6.07) is 7.95. The molecular formula is C16H23N3OS. The Bertz CT molecular complexity index is 556. The number of hydrogen-bond donors (Lipinski definition) is 1. The van der Waals surface area contributed by atoms with Crippen molar-refractivity contribution in [2.75, 3.05) is 20.2 Å². The highest BCUT2D eigenvalue weighted by atomic mass is 32.1. The van der Waals surface area contributed by atoms with Crippen molar-refractivity contribution in [2.45, 2.75) is 26.4 Å². The Kier molecular flexibility index (Phi) is 6.17. The van der Waals surface area contributed by atoms with Crippen LogP contribution in [-0.4, -0.2) is 30.1 Å². The maximum Gasteiger partial charge on any atom is 0.123 e. The predicted octanol–water partition coefficient (Wildman–Crippen LogP) is 2.81. The SMILES string of the molecule is Cc1ncsc1CN(C)CCCOc1ccccc1CN. The minimum Gasteiger partial charge on any atom is -0.493 e. The first-order valence-electron chi connectivity index (χ1n) is 7.19. The number of hydrogen-bond acceptors (Lipinski definition) is 5. The zero-order valence-electron chi connectivity index (χ0n) is 12.7. The first-order valence-corrected chi connectivity index (χ1v) is 8.07. The summed E-state index contributed by atoms with van der Waals surface area (Å²) in [7, 11) is 2.13. The Morgan fingerprint density at radius 2 is 2.14 bits per heavy atom. The van der Waals surface area contributed by atoms with E-state index in [1.54, 1.807) is 11.3 Å². The van der Waals surface area contributed by atoms with Gasteiger partial charge in [-0.2, -0.15) is 0 Å². The highest BCUT2D eigenvalue weighted by Crippen LogP contribution is 2.17. The molecule has 2 N–H and O–H groups in total. The molecule has 1 aromatic carbocycles. The second-order valence-corrected chi connectivity index (χ2v) is 6.05. The molecule has 114 valence electrons. The molecule has 0 bridgehead atoms. The third-order valence-electron chi connectivity index (χ3n) is 3.39. The van der Waals surface area contributed by atoms with Crippen LogP contribution < -0.4 is 10.5 Å². The standard InChI is InChI=1S/C16H23N3OS/c1-13-16(21-12-18-13)11-19(2)8-5-9-20-15-7-4-3-6-14(15)10-17/h3-4,6-7,12H,5,8-11,17H2,1-2H3. The molecule has 0 spiro atoms. The number of para-hydroxylation sites is 1. The quantitative estimate of drug-likeness (QED) is 0.762. The average molecular weight is 305 g/mol. The van der Waals surface area contributed by atoms with Crippen LogP contribution in [0.3, 0.4) is 0 Å². The van der Waals surface area contributed by atoms with Crippen LogP contribution in [-0.2, 0) is 13.1 Å². The van der Waals surface area contributed by atoms with Crippen LogP contribution in [0.5, 0.6) is 5.75 Å². The second-order valence-electron chi connectivity index (χ2n) is 5.11. The van der Waals surface area contributed by atoms with E-state index in [0.29, 0.717) is 13.2 Å². The van der Waals surface area contributed by atoms with Gasteiger partial charge in [-0.05, 0) is 26.5 Å². The fourth-order valence-corrected chi connectivity index (χ4v) is 2.99. The number of rotatable bonds is 8. The monoisotopic (exact) mass is 305 g/mol. The summed E-state index contributed by atoms with van der Waals surface area (Å²) >= 11 is 1.72. The molecule has 1 aromatic heterocycles. The third-order valence-corrected chi connectivity index (χ3v) is 4.31. The molecule has 1 heterocycles. The Balaban J connectivity index is 1.71. The van der Waals surface area contributed by atoms with E-state index >= 15 is 0 Å². The summed E-state index contributed by atoms with van der Waals surface area (Å²) in [5.41, 5.74) is 9.81. The van der Waals surface area contributed by atoms with Gasteiger partial charge in [-0.3, -0.25) is 0 Å². The number of benzene rings is 1. The molecular weight excluding hydrogens is 282 g/mol. The van der Waals surface area contributed by atoms with Gasteiger partial charge in [0.05, 0.1) is 17.8 Å². The van der Waals surface area contributed by atoms with Crippen LogP contribution in [0, 0.1) is 6.92 Å². The van der Waals surface area contributed by atoms with Gasteiger partial charge in [0, 0.05) is 30.1 Å². The lowest BCUT2D eigenvalue weighted by Crippen LogP contribution is -2.20. The van der Waals surface area contributed by atoms with Crippen molar-refractivity contribution in [3.05, 3.63) is 45.9 Å². The van der Waals surface area contributed by atoms with Crippen LogP contribution >= 0.6 is 11.3 Å². The highest BCUT2D eigenvalue weighted by Gasteiger charge is 2.06. The van der Waals surface area contributed by atoms with Crippen LogP contribution in [0.25, 0.3) is 0 Å². The van der Waals surface area contributed by atoms with Gasteiger partial charge >= 0.3 is 0 Å². The van der Waals surface area contributed by atoms with E-state index < -0.39 is 0 Å². The van der Waals surface area contributed by atoms with E-state index in [1.165, 1.54) is 4.88 Å². The fraction of sp³-hybridized carbons (Fsp3) is 0.438. The topological polar surface area (TPSA) is 51.4 Å². The van der Waals surface area contributed by atoms with E-state index in [0.717, 1.165) is 36.5 Å². The van der Waals surface area contributed by atoms with Gasteiger partial charge in [0.1, 0.15) is 5.75 Å². The van der Waals surface area contributed by atoms with Gasteiger partial charge in [-0.15, -0.1) is 11.3 Å². The Morgan fingerprint density at radius 1 is 1.33 bits per heavy atom. The van der Waals surface area contributed by atoms with Crippen LogP contribution in [0.1, 0.15) is 22.6 Å². The smallest absolute Gasteiger partial charge is 0.123 e. The number of nitrogens with two attached hydrogens (primary N) is 1. The summed E-state index contributed by atoms with van der Waals surface area (Å²) in [6.45, 7) is 5.24. The van der Waals surface area contributed by atoms with Crippen molar-refractivity contribution in [3.8, 4) is 5.75 Å². The largest absolute Gasteiger partial charge is 0.493 e. The van der Waals surface area contributed by atoms with Gasteiger partial charge in [0.25, 0.3) is 0 Å². The summed E-state index contributed by atoms with van der Waals surface area (Å²) < 4.78 is 5.82. The molecule has 0 saturated heterocycles. The molecule has 0 aliphatic rings. The van der Waals surface area contributed by atoms with Crippen molar-refractivity contribution >= 4 is 11.3 Å². The van der Waals surface area contributed by atoms with Gasteiger partial charge in [0.2, 0.25) is 0 Å². The Hall–Kier alpha value is -1.43. The number of aryl methyl sites for hydroxylation is 1. The van der Waals surface area contributed by atoms with E-state index in [-0.39, 0.29) is 0 Å². The highest BCUT2D eigenvalue weighted by molar-refractivity contribution is 7.09. The zero-order valence-corrected chi connectivity index (χ0v) is 13.5. The van der Waals surface area contributed by atoms with E-state index in [1.807, 2.05) is 29.8 Å². The van der Waals surface area contributed by atoms with Gasteiger partial charge < -0.3 is 15.4 Å². The molecule has 4 nitrogen and oxygen atoms in total. The van der Waals surface area contributed by atoms with Crippen LogP contribution in [0.4, 0.5) is 0 Å². The number of thiazole rings is 1. The molecule has 2 rings (SSSR count). The second kappa shape index (κ2) is 8.12. The van der Waals surface area contributed by atoms with Gasteiger partial charge in [0.15, 0.2) is 0 Å². The molecule has 0 unspecified atom stereocenters. The lowest BCUT2D eigenvalue weighted by atomic mass is 10.2. The molecule has 21 heavy (non-hydrogen) atoms. The van der Waals surface area contributed by atoms with E-state index in [2.05, 4.69) is 23.9 Å². The summed E-state index contributed by atoms with van der Waals surface area (Å²) in [6.07, 6.45) is 0.993. The normalized spacial score (nSPS) is 11.0. The fourth-order valence-electron chi connectivity index (χ4n) is 2.13. The molecule has 2 aromatic rings. The van der Waals surface area contributed by atoms with Crippen molar-refractivity contribution < 1.29 is 4.74 Å². The van der Waals surface area contributed by atoms with Crippen molar-refractivity contribution in [1.82, 2.24) is 9.88 Å². The molecule has 0 amide bonds. The lowest BCUT2D eigenvalue weighted by molar-refractivity contribution is 0.258. The molecule has 0 fully saturated rings.